The molecule has 0 radical (unpaired) electrons. The molecule has 2 unspecified atom stereocenters. The number of hydrogen-bond donors (Lipinski definition) is 2. The van der Waals surface area contributed by atoms with E-state index in [1.54, 1.807) is 7.11 Å². The van der Waals surface area contributed by atoms with Gasteiger partial charge in [0.2, 0.25) is 0 Å². The van der Waals surface area contributed by atoms with Crippen molar-refractivity contribution in [3.63, 3.8) is 0 Å². The van der Waals surface area contributed by atoms with Gasteiger partial charge in [0.05, 0.1) is 7.11 Å². The summed E-state index contributed by atoms with van der Waals surface area (Å²) in [6.45, 7) is 1.09. The molecule has 1 aromatic rings. The number of nitrogens with one attached hydrogen (secondary N) is 2. The Morgan fingerprint density at radius 3 is 2.69 bits per heavy atom. The number of methoxy groups -OCH3 is 1. The molecule has 3 nitrogen and oxygen atoms in total. The Morgan fingerprint density at radius 1 is 1.31 bits per heavy atom. The molecule has 2 N–H and O–H groups in total. The molecule has 0 spiro atoms. The van der Waals surface area contributed by atoms with Crippen LogP contribution in [0.25, 0.3) is 0 Å². The molecule has 0 aliphatic carbocycles. The fourth-order valence-corrected chi connectivity index (χ4v) is 2.27. The third-order valence-electron chi connectivity index (χ3n) is 3.33. The molecular weight excluding hydrogens is 200 g/mol. The molecule has 1 aliphatic rings. The van der Waals surface area contributed by atoms with E-state index in [-0.39, 0.29) is 0 Å². The highest BCUT2D eigenvalue weighted by atomic mass is 16.5. The SMILES string of the molecule is CNC1CCNC(c2ccc(OC)cc2)C1. The highest BCUT2D eigenvalue weighted by molar-refractivity contribution is 5.29. The van der Waals surface area contributed by atoms with Crippen molar-refractivity contribution < 1.29 is 4.74 Å². The molecule has 1 heterocycles. The molecule has 0 bridgehead atoms. The molecule has 0 aromatic heterocycles. The summed E-state index contributed by atoms with van der Waals surface area (Å²) >= 11 is 0. The smallest absolute Gasteiger partial charge is 0.118 e. The summed E-state index contributed by atoms with van der Waals surface area (Å²) in [5.74, 6) is 0.921. The van der Waals surface area contributed by atoms with Gasteiger partial charge >= 0.3 is 0 Å². The third kappa shape index (κ3) is 2.54. The van der Waals surface area contributed by atoms with Gasteiger partial charge in [-0.05, 0) is 44.1 Å². The largest absolute Gasteiger partial charge is 0.497 e. The fourth-order valence-electron chi connectivity index (χ4n) is 2.27. The van der Waals surface area contributed by atoms with Crippen LogP contribution in [0.1, 0.15) is 24.4 Å². The predicted octanol–water partition coefficient (Wildman–Crippen LogP) is 1.71. The third-order valence-corrected chi connectivity index (χ3v) is 3.33. The Bertz CT molecular complexity index is 323. The Labute approximate surface area is 97.2 Å². The summed E-state index contributed by atoms with van der Waals surface area (Å²) in [7, 11) is 3.74. The number of ether oxygens (including phenoxy) is 1. The van der Waals surface area contributed by atoms with Crippen LogP contribution in [0, 0.1) is 0 Å². The molecule has 16 heavy (non-hydrogen) atoms. The summed E-state index contributed by atoms with van der Waals surface area (Å²) < 4.78 is 5.17. The molecule has 88 valence electrons. The van der Waals surface area contributed by atoms with Crippen molar-refractivity contribution in [2.24, 2.45) is 0 Å². The van der Waals surface area contributed by atoms with Crippen LogP contribution in [0.4, 0.5) is 0 Å². The van der Waals surface area contributed by atoms with Gasteiger partial charge in [0.1, 0.15) is 5.75 Å². The molecule has 1 aliphatic heterocycles. The molecule has 0 amide bonds. The Hall–Kier alpha value is -1.06. The van der Waals surface area contributed by atoms with Crippen LogP contribution in [0.5, 0.6) is 5.75 Å². The average molecular weight is 220 g/mol. The fraction of sp³-hybridized carbons (Fsp3) is 0.538. The monoisotopic (exact) mass is 220 g/mol. The van der Waals surface area contributed by atoms with Gasteiger partial charge in [-0.25, -0.2) is 0 Å². The number of piperidine rings is 1. The predicted molar refractivity (Wildman–Crippen MR) is 65.8 cm³/mol. The van der Waals surface area contributed by atoms with E-state index >= 15 is 0 Å². The lowest BCUT2D eigenvalue weighted by molar-refractivity contribution is 0.336. The second-order valence-electron chi connectivity index (χ2n) is 4.29. The zero-order valence-corrected chi connectivity index (χ0v) is 9.99. The molecule has 2 rings (SSSR count). The Kier molecular flexibility index (Phi) is 3.80. The van der Waals surface area contributed by atoms with Gasteiger partial charge in [-0.15, -0.1) is 0 Å². The maximum atomic E-state index is 5.17. The van der Waals surface area contributed by atoms with Crippen LogP contribution >= 0.6 is 0 Å². The van der Waals surface area contributed by atoms with Gasteiger partial charge < -0.3 is 15.4 Å². The average Bonchev–Trinajstić information content (AvgIpc) is 2.39. The lowest BCUT2D eigenvalue weighted by Gasteiger charge is -2.30. The maximum absolute atomic E-state index is 5.17. The Balaban J connectivity index is 2.05. The molecule has 3 heteroatoms. The summed E-state index contributed by atoms with van der Waals surface area (Å²) in [6, 6.07) is 9.45. The summed E-state index contributed by atoms with van der Waals surface area (Å²) in [6.07, 6.45) is 2.37. The van der Waals surface area contributed by atoms with Crippen LogP contribution in [0.3, 0.4) is 0 Å². The number of rotatable bonds is 3. The lowest BCUT2D eigenvalue weighted by atomic mass is 9.94. The van der Waals surface area contributed by atoms with Gasteiger partial charge in [0, 0.05) is 12.1 Å². The molecular formula is C13H20N2O. The van der Waals surface area contributed by atoms with E-state index < -0.39 is 0 Å². The first-order chi connectivity index (χ1) is 7.83. The van der Waals surface area contributed by atoms with Crippen LogP contribution < -0.4 is 15.4 Å². The molecule has 0 saturated carbocycles. The minimum atomic E-state index is 0.470. The molecule has 2 atom stereocenters. The second kappa shape index (κ2) is 5.32. The molecule has 1 saturated heterocycles. The van der Waals surface area contributed by atoms with E-state index in [0.717, 1.165) is 18.7 Å². The van der Waals surface area contributed by atoms with Crippen molar-refractivity contribution in [3.8, 4) is 5.75 Å². The van der Waals surface area contributed by atoms with Crippen molar-refractivity contribution in [2.45, 2.75) is 24.9 Å². The van der Waals surface area contributed by atoms with Crippen LogP contribution in [0.15, 0.2) is 24.3 Å². The van der Waals surface area contributed by atoms with E-state index in [2.05, 4.69) is 22.8 Å². The van der Waals surface area contributed by atoms with Crippen molar-refractivity contribution in [1.29, 1.82) is 0 Å². The zero-order chi connectivity index (χ0) is 11.4. The van der Waals surface area contributed by atoms with Crippen molar-refractivity contribution in [3.05, 3.63) is 29.8 Å². The van der Waals surface area contributed by atoms with Gasteiger partial charge in [-0.3, -0.25) is 0 Å². The summed E-state index contributed by atoms with van der Waals surface area (Å²) in [4.78, 5) is 0. The van der Waals surface area contributed by atoms with Gasteiger partial charge in [-0.2, -0.15) is 0 Å². The van der Waals surface area contributed by atoms with E-state index in [1.807, 2.05) is 19.2 Å². The van der Waals surface area contributed by atoms with Crippen molar-refractivity contribution in [1.82, 2.24) is 10.6 Å². The number of benzene rings is 1. The zero-order valence-electron chi connectivity index (χ0n) is 9.99. The molecule has 1 aromatic carbocycles. The second-order valence-corrected chi connectivity index (χ2v) is 4.29. The maximum Gasteiger partial charge on any atom is 0.118 e. The minimum Gasteiger partial charge on any atom is -0.497 e. The highest BCUT2D eigenvalue weighted by Crippen LogP contribution is 2.24. The van der Waals surface area contributed by atoms with Crippen LogP contribution in [-0.4, -0.2) is 26.7 Å². The van der Waals surface area contributed by atoms with E-state index in [4.69, 9.17) is 4.74 Å². The number of hydrogen-bond acceptors (Lipinski definition) is 3. The molecule has 1 fully saturated rings. The Morgan fingerprint density at radius 2 is 2.06 bits per heavy atom. The van der Waals surface area contributed by atoms with Crippen molar-refractivity contribution >= 4 is 0 Å². The van der Waals surface area contributed by atoms with Gasteiger partial charge in [0.25, 0.3) is 0 Å². The van der Waals surface area contributed by atoms with Crippen LogP contribution in [-0.2, 0) is 0 Å². The first-order valence-electron chi connectivity index (χ1n) is 5.88. The van der Waals surface area contributed by atoms with E-state index in [0.29, 0.717) is 12.1 Å². The summed E-state index contributed by atoms with van der Waals surface area (Å²) in [5.41, 5.74) is 1.35. The van der Waals surface area contributed by atoms with E-state index in [9.17, 15) is 0 Å². The topological polar surface area (TPSA) is 33.3 Å². The first-order valence-corrected chi connectivity index (χ1v) is 5.88. The normalized spacial score (nSPS) is 25.4. The minimum absolute atomic E-state index is 0.470. The quantitative estimate of drug-likeness (QED) is 0.813. The van der Waals surface area contributed by atoms with Crippen molar-refractivity contribution in [2.75, 3.05) is 20.7 Å². The lowest BCUT2D eigenvalue weighted by Crippen LogP contribution is -2.40. The van der Waals surface area contributed by atoms with Gasteiger partial charge in [0.15, 0.2) is 0 Å². The summed E-state index contributed by atoms with van der Waals surface area (Å²) in [5, 5.41) is 6.92. The van der Waals surface area contributed by atoms with Gasteiger partial charge in [-0.1, -0.05) is 12.1 Å². The van der Waals surface area contributed by atoms with Crippen LogP contribution in [0.2, 0.25) is 0 Å². The first kappa shape index (κ1) is 11.4. The highest BCUT2D eigenvalue weighted by Gasteiger charge is 2.21. The van der Waals surface area contributed by atoms with E-state index in [1.165, 1.54) is 12.0 Å². The standard InChI is InChI=1S/C13H20N2O/c1-14-11-7-8-15-13(9-11)10-3-5-12(16-2)6-4-10/h3-6,11,13-15H,7-9H2,1-2H3.